The molecule has 0 aliphatic rings. The second-order valence-corrected chi connectivity index (χ2v) is 6.56. The van der Waals surface area contributed by atoms with Gasteiger partial charge in [-0.15, -0.1) is 0 Å². The monoisotopic (exact) mass is 404 g/mol. The van der Waals surface area contributed by atoms with E-state index in [9.17, 15) is 14.0 Å². The van der Waals surface area contributed by atoms with E-state index in [0.29, 0.717) is 17.5 Å². The third-order valence-corrected chi connectivity index (χ3v) is 4.32. The van der Waals surface area contributed by atoms with Crippen molar-refractivity contribution in [2.24, 2.45) is 0 Å². The molecule has 2 aromatic heterocycles. The topological polar surface area (TPSA) is 106 Å². The number of aryl methyl sites for hydroxylation is 1. The highest BCUT2D eigenvalue weighted by Crippen LogP contribution is 2.19. The molecule has 0 fully saturated rings. The minimum absolute atomic E-state index is 0.0543. The second kappa shape index (κ2) is 9.09. The molecule has 8 nitrogen and oxygen atoms in total. The van der Waals surface area contributed by atoms with E-state index in [2.05, 4.69) is 21.0 Å². The van der Waals surface area contributed by atoms with Crippen molar-refractivity contribution in [3.05, 3.63) is 52.8 Å². The molecule has 2 N–H and O–H groups in total. The molecule has 28 heavy (non-hydrogen) atoms. The average Bonchev–Trinajstić information content (AvgIpc) is 3.37. The highest BCUT2D eigenvalue weighted by atomic mass is 32.1. The van der Waals surface area contributed by atoms with E-state index >= 15 is 0 Å². The number of nitrogens with zero attached hydrogens (tertiary/aromatic N) is 2. The van der Waals surface area contributed by atoms with Crippen LogP contribution in [0.5, 0.6) is 5.75 Å². The second-order valence-electron chi connectivity index (χ2n) is 5.78. The van der Waals surface area contributed by atoms with Gasteiger partial charge in [-0.25, -0.2) is 4.39 Å². The summed E-state index contributed by atoms with van der Waals surface area (Å²) in [5, 5.41) is 7.66. The number of rotatable bonds is 7. The molecule has 0 bridgehead atoms. The largest absolute Gasteiger partial charge is 0.481 e. The number of ether oxygens (including phenoxy) is 1. The van der Waals surface area contributed by atoms with Crippen molar-refractivity contribution in [2.45, 2.75) is 25.9 Å². The number of halogens is 1. The molecule has 1 aromatic carbocycles. The Labute approximate surface area is 163 Å². The zero-order valence-corrected chi connectivity index (χ0v) is 15.7. The van der Waals surface area contributed by atoms with Crippen molar-refractivity contribution in [2.75, 3.05) is 0 Å². The molecule has 0 spiro atoms. The van der Waals surface area contributed by atoms with Crippen molar-refractivity contribution in [3.63, 3.8) is 0 Å². The summed E-state index contributed by atoms with van der Waals surface area (Å²) in [5.41, 5.74) is 5.42. The Morgan fingerprint density at radius 3 is 2.75 bits per heavy atom. The van der Waals surface area contributed by atoms with Gasteiger partial charge in [-0.1, -0.05) is 5.16 Å². The lowest BCUT2D eigenvalue weighted by molar-refractivity contribution is -0.132. The molecule has 0 radical (unpaired) electrons. The van der Waals surface area contributed by atoms with Crippen LogP contribution in [0.4, 0.5) is 4.39 Å². The fourth-order valence-corrected chi connectivity index (χ4v) is 2.79. The van der Waals surface area contributed by atoms with Gasteiger partial charge in [0.25, 0.3) is 5.91 Å². The molecule has 3 rings (SSSR count). The lowest BCUT2D eigenvalue weighted by Gasteiger charge is -2.15. The number of amides is 2. The van der Waals surface area contributed by atoms with Crippen LogP contribution in [0.25, 0.3) is 11.4 Å². The summed E-state index contributed by atoms with van der Waals surface area (Å²) < 4.78 is 23.3. The van der Waals surface area contributed by atoms with Crippen LogP contribution in [0.1, 0.15) is 19.2 Å². The van der Waals surface area contributed by atoms with E-state index in [0.717, 1.165) is 5.56 Å². The Kier molecular flexibility index (Phi) is 6.33. The van der Waals surface area contributed by atoms with E-state index in [4.69, 9.17) is 9.26 Å². The Balaban J connectivity index is 1.40. The van der Waals surface area contributed by atoms with Crippen molar-refractivity contribution < 1.29 is 23.2 Å². The Morgan fingerprint density at radius 2 is 2.04 bits per heavy atom. The van der Waals surface area contributed by atoms with Crippen molar-refractivity contribution in [1.82, 2.24) is 21.0 Å². The number of nitrogens with one attached hydrogen (secondary N) is 2. The predicted octanol–water partition coefficient (Wildman–Crippen LogP) is 2.48. The minimum Gasteiger partial charge on any atom is -0.481 e. The molecule has 0 saturated heterocycles. The first kappa shape index (κ1) is 19.5. The summed E-state index contributed by atoms with van der Waals surface area (Å²) in [4.78, 5) is 28.1. The van der Waals surface area contributed by atoms with Gasteiger partial charge in [0, 0.05) is 23.8 Å². The van der Waals surface area contributed by atoms with Gasteiger partial charge in [0.15, 0.2) is 6.10 Å². The van der Waals surface area contributed by atoms with Crippen molar-refractivity contribution >= 4 is 23.2 Å². The fraction of sp³-hybridized carbons (Fsp3) is 0.222. The molecular weight excluding hydrogens is 387 g/mol. The molecule has 2 amide bonds. The predicted molar refractivity (Wildman–Crippen MR) is 98.7 cm³/mol. The zero-order chi connectivity index (χ0) is 19.9. The Bertz CT molecular complexity index is 927. The number of hydrogen-bond acceptors (Lipinski definition) is 7. The van der Waals surface area contributed by atoms with E-state index in [1.807, 2.05) is 16.8 Å². The van der Waals surface area contributed by atoms with Crippen LogP contribution in [0.2, 0.25) is 0 Å². The summed E-state index contributed by atoms with van der Waals surface area (Å²) in [6.45, 7) is 1.51. The molecule has 0 saturated carbocycles. The molecule has 0 unspecified atom stereocenters. The van der Waals surface area contributed by atoms with Gasteiger partial charge in [-0.2, -0.15) is 16.3 Å². The van der Waals surface area contributed by atoms with Gasteiger partial charge in [-0.05, 0) is 42.6 Å². The molecule has 0 aliphatic heterocycles. The summed E-state index contributed by atoms with van der Waals surface area (Å²) in [7, 11) is 0. The average molecular weight is 404 g/mol. The Morgan fingerprint density at radius 1 is 1.25 bits per heavy atom. The van der Waals surface area contributed by atoms with Crippen molar-refractivity contribution in [1.29, 1.82) is 0 Å². The standard InChI is InChI=1S/C18H17FN4O4S/c1-11(26-14-4-2-13(19)3-5-14)18(25)22-21-15(24)6-7-16-20-17(23-27-16)12-8-9-28-10-12/h2-5,8-11H,6-7H2,1H3,(H,21,24)(H,22,25)/t11-/m0/s1. The maximum absolute atomic E-state index is 12.9. The molecule has 0 aliphatic carbocycles. The number of benzene rings is 1. The quantitative estimate of drug-likeness (QED) is 0.586. The van der Waals surface area contributed by atoms with Gasteiger partial charge in [-0.3, -0.25) is 20.4 Å². The third kappa shape index (κ3) is 5.36. The van der Waals surface area contributed by atoms with Crippen LogP contribution < -0.4 is 15.6 Å². The van der Waals surface area contributed by atoms with Crippen molar-refractivity contribution in [3.8, 4) is 17.1 Å². The molecule has 10 heteroatoms. The number of carbonyl (C=O) groups excluding carboxylic acids is 2. The number of hydrazine groups is 1. The van der Waals surface area contributed by atoms with Crippen LogP contribution in [0, 0.1) is 5.82 Å². The lowest BCUT2D eigenvalue weighted by Crippen LogP contribution is -2.47. The van der Waals surface area contributed by atoms with Gasteiger partial charge < -0.3 is 9.26 Å². The van der Waals surface area contributed by atoms with Crippen LogP contribution in [0.15, 0.2) is 45.6 Å². The van der Waals surface area contributed by atoms with Crippen LogP contribution in [-0.4, -0.2) is 28.1 Å². The zero-order valence-electron chi connectivity index (χ0n) is 14.8. The summed E-state index contributed by atoms with van der Waals surface area (Å²) in [6, 6.07) is 7.14. The van der Waals surface area contributed by atoms with Gasteiger partial charge in [0.05, 0.1) is 0 Å². The summed E-state index contributed by atoms with van der Waals surface area (Å²) in [5.74, 6) is -0.228. The third-order valence-electron chi connectivity index (χ3n) is 3.63. The lowest BCUT2D eigenvalue weighted by atomic mass is 10.3. The maximum atomic E-state index is 12.9. The first-order valence-electron chi connectivity index (χ1n) is 8.37. The van der Waals surface area contributed by atoms with Crippen LogP contribution in [-0.2, 0) is 16.0 Å². The van der Waals surface area contributed by atoms with Crippen LogP contribution in [0.3, 0.4) is 0 Å². The smallest absolute Gasteiger partial charge is 0.279 e. The number of thiophene rings is 1. The molecule has 3 aromatic rings. The van der Waals surface area contributed by atoms with Crippen LogP contribution >= 0.6 is 11.3 Å². The van der Waals surface area contributed by atoms with E-state index < -0.39 is 23.7 Å². The number of hydrogen-bond donors (Lipinski definition) is 2. The van der Waals surface area contributed by atoms with Gasteiger partial charge in [0.2, 0.25) is 17.6 Å². The normalized spacial score (nSPS) is 11.6. The highest BCUT2D eigenvalue weighted by Gasteiger charge is 2.16. The minimum atomic E-state index is -0.880. The SMILES string of the molecule is C[C@H](Oc1ccc(F)cc1)C(=O)NNC(=O)CCc1nc(-c2ccsc2)no1. The van der Waals surface area contributed by atoms with E-state index in [1.54, 1.807) is 0 Å². The number of aromatic nitrogens is 2. The molecular formula is C18H17FN4O4S. The maximum Gasteiger partial charge on any atom is 0.279 e. The van der Waals surface area contributed by atoms with E-state index in [1.165, 1.54) is 42.5 Å². The summed E-state index contributed by atoms with van der Waals surface area (Å²) >= 11 is 1.52. The molecule has 2 heterocycles. The summed E-state index contributed by atoms with van der Waals surface area (Å²) in [6.07, 6.45) is -0.589. The first-order valence-corrected chi connectivity index (χ1v) is 9.31. The molecule has 1 atom stereocenters. The molecule has 146 valence electrons. The highest BCUT2D eigenvalue weighted by molar-refractivity contribution is 7.08. The van der Waals surface area contributed by atoms with E-state index in [-0.39, 0.29) is 12.8 Å². The number of carbonyl (C=O) groups is 2. The Hall–Kier alpha value is -3.27. The van der Waals surface area contributed by atoms with Gasteiger partial charge in [0.1, 0.15) is 11.6 Å². The fourth-order valence-electron chi connectivity index (χ4n) is 2.15. The van der Waals surface area contributed by atoms with Gasteiger partial charge >= 0.3 is 0 Å². The first-order chi connectivity index (χ1) is 13.5.